The van der Waals surface area contributed by atoms with E-state index < -0.39 is 0 Å². The highest BCUT2D eigenvalue weighted by molar-refractivity contribution is 9.10. The van der Waals surface area contributed by atoms with Crippen LogP contribution in [-0.4, -0.2) is 11.7 Å². The number of aliphatic imine (C=N–C) groups is 1. The first kappa shape index (κ1) is 14.4. The highest BCUT2D eigenvalue weighted by Crippen LogP contribution is 2.25. The molecule has 0 spiro atoms. The largest absolute Gasteiger partial charge is 0.412 e. The predicted octanol–water partition coefficient (Wildman–Crippen LogP) is 4.53. The lowest BCUT2D eigenvalue weighted by atomic mass is 10.1. The second kappa shape index (κ2) is 6.46. The van der Waals surface area contributed by atoms with Crippen molar-refractivity contribution in [3.05, 3.63) is 76.8 Å². The van der Waals surface area contributed by atoms with E-state index in [2.05, 4.69) is 39.1 Å². The average Bonchev–Trinajstić information content (AvgIpc) is 2.47. The van der Waals surface area contributed by atoms with Crippen LogP contribution in [0.1, 0.15) is 5.56 Å². The second-order valence-electron chi connectivity index (χ2n) is 4.31. The van der Waals surface area contributed by atoms with Crippen molar-refractivity contribution in [3.63, 3.8) is 0 Å². The Morgan fingerprint density at radius 3 is 2.30 bits per heavy atom. The topological polar surface area (TPSA) is 43.9 Å². The summed E-state index contributed by atoms with van der Waals surface area (Å²) in [5, 5.41) is 2.39. The Balaban J connectivity index is 0.00000147. The number of halogens is 1. The molecule has 100 valence electrons. The maximum absolute atomic E-state index is 4.59. The molecule has 0 amide bonds. The molecule has 2 N–H and O–H groups in total. The van der Waals surface area contributed by atoms with Gasteiger partial charge in [0, 0.05) is 16.1 Å². The monoisotopic (exact) mass is 327 g/mol. The SMILES string of the molecule is Brc1ccc(C=Nc2cccc3ccccc23)cc1.O. The normalized spacial score (nSPS) is 10.7. The van der Waals surface area contributed by atoms with Crippen LogP contribution in [0.2, 0.25) is 0 Å². The van der Waals surface area contributed by atoms with Crippen LogP contribution in [0.5, 0.6) is 0 Å². The van der Waals surface area contributed by atoms with Gasteiger partial charge >= 0.3 is 0 Å². The van der Waals surface area contributed by atoms with E-state index in [9.17, 15) is 0 Å². The molecule has 0 bridgehead atoms. The first-order valence-corrected chi connectivity index (χ1v) is 6.90. The van der Waals surface area contributed by atoms with Gasteiger partial charge in [0.25, 0.3) is 0 Å². The van der Waals surface area contributed by atoms with Gasteiger partial charge in [-0.05, 0) is 29.1 Å². The molecule has 3 rings (SSSR count). The molecule has 0 aliphatic carbocycles. The van der Waals surface area contributed by atoms with Gasteiger partial charge in [0.05, 0.1) is 5.69 Å². The molecular weight excluding hydrogens is 314 g/mol. The fourth-order valence-corrected chi connectivity index (χ4v) is 2.28. The summed E-state index contributed by atoms with van der Waals surface area (Å²) >= 11 is 3.43. The fourth-order valence-electron chi connectivity index (χ4n) is 2.01. The number of nitrogens with zero attached hydrogens (tertiary/aromatic N) is 1. The zero-order chi connectivity index (χ0) is 13.1. The molecule has 0 radical (unpaired) electrons. The summed E-state index contributed by atoms with van der Waals surface area (Å²) in [5.41, 5.74) is 2.09. The predicted molar refractivity (Wildman–Crippen MR) is 89.0 cm³/mol. The van der Waals surface area contributed by atoms with E-state index in [0.29, 0.717) is 0 Å². The summed E-state index contributed by atoms with van der Waals surface area (Å²) in [7, 11) is 0. The minimum Gasteiger partial charge on any atom is -0.412 e. The Labute approximate surface area is 126 Å². The summed E-state index contributed by atoms with van der Waals surface area (Å²) in [6, 6.07) is 22.6. The minimum atomic E-state index is 0. The second-order valence-corrected chi connectivity index (χ2v) is 5.22. The van der Waals surface area contributed by atoms with Gasteiger partial charge in [-0.2, -0.15) is 0 Å². The molecule has 20 heavy (non-hydrogen) atoms. The van der Waals surface area contributed by atoms with Crippen LogP contribution in [0.4, 0.5) is 5.69 Å². The van der Waals surface area contributed by atoms with Gasteiger partial charge in [-0.15, -0.1) is 0 Å². The highest BCUT2D eigenvalue weighted by atomic mass is 79.9. The highest BCUT2D eigenvalue weighted by Gasteiger charge is 1.97. The molecule has 0 saturated heterocycles. The molecule has 3 heteroatoms. The van der Waals surface area contributed by atoms with E-state index in [4.69, 9.17) is 0 Å². The van der Waals surface area contributed by atoms with E-state index in [-0.39, 0.29) is 5.48 Å². The first-order valence-electron chi connectivity index (χ1n) is 6.10. The molecular formula is C17H14BrNO. The van der Waals surface area contributed by atoms with E-state index in [1.165, 1.54) is 10.8 Å². The van der Waals surface area contributed by atoms with Gasteiger partial charge in [0.1, 0.15) is 0 Å². The lowest BCUT2D eigenvalue weighted by Gasteiger charge is -2.01. The molecule has 0 heterocycles. The minimum absolute atomic E-state index is 0. The van der Waals surface area contributed by atoms with Crippen LogP contribution in [0.3, 0.4) is 0 Å². The molecule has 0 saturated carbocycles. The molecule has 3 aromatic rings. The molecule has 0 aliphatic heterocycles. The number of hydrogen-bond donors (Lipinski definition) is 0. The Hall–Kier alpha value is -1.97. The third-order valence-electron chi connectivity index (χ3n) is 2.99. The standard InChI is InChI=1S/C17H12BrN.H2O/c18-15-10-8-13(9-11-15)12-19-17-7-3-5-14-4-1-2-6-16(14)17;/h1-12H;1H2. The summed E-state index contributed by atoms with van der Waals surface area (Å²) in [6.07, 6.45) is 1.90. The van der Waals surface area contributed by atoms with Crippen molar-refractivity contribution in [1.82, 2.24) is 0 Å². The Morgan fingerprint density at radius 1 is 0.800 bits per heavy atom. The molecule has 0 fully saturated rings. The molecule has 0 unspecified atom stereocenters. The van der Waals surface area contributed by atoms with Crippen molar-refractivity contribution < 1.29 is 5.48 Å². The third kappa shape index (κ3) is 3.13. The van der Waals surface area contributed by atoms with E-state index in [1.807, 2.05) is 54.7 Å². The maximum Gasteiger partial charge on any atom is 0.0708 e. The summed E-state index contributed by atoms with van der Waals surface area (Å²) in [5.74, 6) is 0. The lowest BCUT2D eigenvalue weighted by Crippen LogP contribution is -1.80. The van der Waals surface area contributed by atoms with Crippen molar-refractivity contribution in [3.8, 4) is 0 Å². The van der Waals surface area contributed by atoms with E-state index in [1.54, 1.807) is 0 Å². The number of benzene rings is 3. The van der Waals surface area contributed by atoms with Gasteiger partial charge in [-0.3, -0.25) is 4.99 Å². The fraction of sp³-hybridized carbons (Fsp3) is 0. The summed E-state index contributed by atoms with van der Waals surface area (Å²) < 4.78 is 1.08. The van der Waals surface area contributed by atoms with E-state index >= 15 is 0 Å². The Kier molecular flexibility index (Phi) is 4.66. The van der Waals surface area contributed by atoms with Crippen LogP contribution in [0.15, 0.2) is 76.2 Å². The van der Waals surface area contributed by atoms with Crippen molar-refractivity contribution in [2.75, 3.05) is 0 Å². The van der Waals surface area contributed by atoms with Crippen molar-refractivity contribution in [2.45, 2.75) is 0 Å². The average molecular weight is 328 g/mol. The van der Waals surface area contributed by atoms with Gasteiger partial charge in [-0.25, -0.2) is 0 Å². The number of fused-ring (bicyclic) bond motifs is 1. The smallest absolute Gasteiger partial charge is 0.0708 e. The first-order chi connectivity index (χ1) is 9.33. The van der Waals surface area contributed by atoms with Crippen LogP contribution in [0.25, 0.3) is 10.8 Å². The number of hydrogen-bond acceptors (Lipinski definition) is 1. The summed E-state index contributed by atoms with van der Waals surface area (Å²) in [6.45, 7) is 0. The van der Waals surface area contributed by atoms with Gasteiger partial charge in [0.15, 0.2) is 0 Å². The Morgan fingerprint density at radius 2 is 1.50 bits per heavy atom. The van der Waals surface area contributed by atoms with Crippen LogP contribution in [-0.2, 0) is 0 Å². The van der Waals surface area contributed by atoms with Crippen LogP contribution < -0.4 is 0 Å². The zero-order valence-electron chi connectivity index (χ0n) is 10.8. The van der Waals surface area contributed by atoms with Gasteiger partial charge in [-0.1, -0.05) is 64.5 Å². The van der Waals surface area contributed by atoms with Crippen molar-refractivity contribution in [1.29, 1.82) is 0 Å². The zero-order valence-corrected chi connectivity index (χ0v) is 12.3. The molecule has 0 aliphatic rings. The number of rotatable bonds is 2. The third-order valence-corrected chi connectivity index (χ3v) is 3.52. The lowest BCUT2D eigenvalue weighted by molar-refractivity contribution is 0.824. The maximum atomic E-state index is 4.59. The molecule has 2 nitrogen and oxygen atoms in total. The van der Waals surface area contributed by atoms with E-state index in [0.717, 1.165) is 15.7 Å². The van der Waals surface area contributed by atoms with Crippen molar-refractivity contribution >= 4 is 38.6 Å². The molecule has 3 aromatic carbocycles. The van der Waals surface area contributed by atoms with Crippen LogP contribution in [0, 0.1) is 0 Å². The summed E-state index contributed by atoms with van der Waals surface area (Å²) in [4.78, 5) is 4.59. The van der Waals surface area contributed by atoms with Gasteiger partial charge < -0.3 is 5.48 Å². The quantitative estimate of drug-likeness (QED) is 0.621. The van der Waals surface area contributed by atoms with Gasteiger partial charge in [0.2, 0.25) is 0 Å². The molecule has 0 aromatic heterocycles. The Bertz CT molecular complexity index is 730. The molecule has 0 atom stereocenters. The van der Waals surface area contributed by atoms with Crippen molar-refractivity contribution in [2.24, 2.45) is 4.99 Å². The van der Waals surface area contributed by atoms with Crippen LogP contribution >= 0.6 is 15.9 Å².